The van der Waals surface area contributed by atoms with E-state index >= 15 is 0 Å². The molecule has 4 saturated carbocycles. The molecule has 1 heteroatoms. The Morgan fingerprint density at radius 1 is 0.783 bits per heavy atom. The van der Waals surface area contributed by atoms with Crippen LogP contribution >= 0.6 is 0 Å². The maximum absolute atomic E-state index is 4.50. The molecule has 4 rings (SSSR count). The van der Waals surface area contributed by atoms with Gasteiger partial charge in [-0.15, -0.1) is 0 Å². The zero-order valence-electron chi connectivity index (χ0n) is 16.2. The number of hydrogen-bond donors (Lipinski definition) is 1. The van der Waals surface area contributed by atoms with Crippen molar-refractivity contribution >= 4 is 0 Å². The van der Waals surface area contributed by atoms with Crippen LogP contribution in [0.25, 0.3) is 0 Å². The highest BCUT2D eigenvalue weighted by molar-refractivity contribution is 5.08. The van der Waals surface area contributed by atoms with E-state index in [0.29, 0.717) is 5.41 Å². The van der Waals surface area contributed by atoms with Crippen molar-refractivity contribution < 1.29 is 0 Å². The minimum absolute atomic E-state index is 0.716. The van der Waals surface area contributed by atoms with Gasteiger partial charge in [0.15, 0.2) is 0 Å². The number of hydrogen-bond acceptors (Lipinski definition) is 1. The number of fused-ring (bicyclic) bond motifs is 5. The molecule has 0 amide bonds. The van der Waals surface area contributed by atoms with Gasteiger partial charge in [0.2, 0.25) is 0 Å². The normalized spacial score (nSPS) is 51.8. The fraction of sp³-hybridized carbons (Fsp3) is 1.00. The van der Waals surface area contributed by atoms with E-state index in [-0.39, 0.29) is 0 Å². The molecule has 0 saturated heterocycles. The minimum atomic E-state index is 0.716. The summed E-state index contributed by atoms with van der Waals surface area (Å²) in [5, 5.41) is 0. The fourth-order valence-electron chi connectivity index (χ4n) is 8.07. The van der Waals surface area contributed by atoms with Crippen LogP contribution in [0.5, 0.6) is 0 Å². The lowest BCUT2D eigenvalue weighted by atomic mass is 9.45. The van der Waals surface area contributed by atoms with Crippen LogP contribution in [0.4, 0.5) is 0 Å². The lowest BCUT2D eigenvalue weighted by molar-refractivity contribution is -0.110. The Hall–Kier alpha value is -0.0400. The molecule has 7 atom stereocenters. The molecule has 0 aliphatic heterocycles. The van der Waals surface area contributed by atoms with Gasteiger partial charge in [0.1, 0.15) is 0 Å². The SMILES string of the molecule is CCC1CCC2C3CCC4CCCCC4(C)C3CC[C@]12C.CN. The summed E-state index contributed by atoms with van der Waals surface area (Å²) in [6.07, 6.45) is 17.0. The molecule has 2 N–H and O–H groups in total. The first-order valence-electron chi connectivity index (χ1n) is 10.7. The molecule has 23 heavy (non-hydrogen) atoms. The molecule has 4 fully saturated rings. The molecule has 134 valence electrons. The summed E-state index contributed by atoms with van der Waals surface area (Å²) in [4.78, 5) is 0. The van der Waals surface area contributed by atoms with Gasteiger partial charge >= 0.3 is 0 Å². The van der Waals surface area contributed by atoms with Crippen LogP contribution in [0.3, 0.4) is 0 Å². The highest BCUT2D eigenvalue weighted by Crippen LogP contribution is 2.67. The third kappa shape index (κ3) is 2.60. The maximum atomic E-state index is 4.50. The second kappa shape index (κ2) is 6.70. The quantitative estimate of drug-likeness (QED) is 0.628. The van der Waals surface area contributed by atoms with Crippen molar-refractivity contribution in [1.82, 2.24) is 0 Å². The Morgan fingerprint density at radius 3 is 2.26 bits per heavy atom. The summed E-state index contributed by atoms with van der Waals surface area (Å²) in [7, 11) is 1.50. The third-order valence-corrected chi connectivity index (χ3v) is 9.27. The molecule has 1 nitrogen and oxygen atoms in total. The van der Waals surface area contributed by atoms with Crippen LogP contribution in [0.1, 0.15) is 91.4 Å². The predicted octanol–water partition coefficient (Wildman–Crippen LogP) is 6.02. The van der Waals surface area contributed by atoms with Crippen molar-refractivity contribution in [2.24, 2.45) is 46.2 Å². The summed E-state index contributed by atoms with van der Waals surface area (Å²) in [6, 6.07) is 0. The summed E-state index contributed by atoms with van der Waals surface area (Å²) < 4.78 is 0. The second-order valence-corrected chi connectivity index (χ2v) is 9.63. The molecule has 0 spiro atoms. The lowest BCUT2D eigenvalue weighted by Crippen LogP contribution is -2.52. The first-order chi connectivity index (χ1) is 11.1. The zero-order chi connectivity index (χ0) is 16.7. The summed E-state index contributed by atoms with van der Waals surface area (Å²) in [5.74, 6) is 5.39. The second-order valence-electron chi connectivity index (χ2n) is 9.63. The van der Waals surface area contributed by atoms with Crippen LogP contribution in [0.2, 0.25) is 0 Å². The van der Waals surface area contributed by atoms with E-state index in [1.54, 1.807) is 51.4 Å². The topological polar surface area (TPSA) is 26.0 Å². The largest absolute Gasteiger partial charge is 0.333 e. The maximum Gasteiger partial charge on any atom is -0.0195 e. The van der Waals surface area contributed by atoms with Gasteiger partial charge in [-0.1, -0.05) is 40.0 Å². The average Bonchev–Trinajstić information content (AvgIpc) is 2.92. The van der Waals surface area contributed by atoms with Crippen molar-refractivity contribution in [2.75, 3.05) is 7.05 Å². The van der Waals surface area contributed by atoms with Crippen molar-refractivity contribution in [2.45, 2.75) is 91.4 Å². The summed E-state index contributed by atoms with van der Waals surface area (Å²) in [5.41, 5.74) is 5.95. The summed E-state index contributed by atoms with van der Waals surface area (Å²) >= 11 is 0. The van der Waals surface area contributed by atoms with E-state index in [0.717, 1.165) is 35.0 Å². The van der Waals surface area contributed by atoms with Crippen molar-refractivity contribution in [3.63, 3.8) is 0 Å². The van der Waals surface area contributed by atoms with Crippen molar-refractivity contribution in [1.29, 1.82) is 0 Å². The first-order valence-corrected chi connectivity index (χ1v) is 10.7. The zero-order valence-corrected chi connectivity index (χ0v) is 16.2. The minimum Gasteiger partial charge on any atom is -0.333 e. The van der Waals surface area contributed by atoms with Crippen LogP contribution < -0.4 is 5.73 Å². The summed E-state index contributed by atoms with van der Waals surface area (Å²) in [6.45, 7) is 7.84. The lowest BCUT2D eigenvalue weighted by Gasteiger charge is -2.60. The standard InChI is InChI=1S/C21H36.CH5N/c1-4-15-9-11-18-17-10-8-16-7-5-6-13-20(16,2)19(17)12-14-21(15,18)3;1-2/h15-19H,4-14H2,1-3H3;2H2,1H3/t15?,16?,17?,18?,19?,20?,21-;/m1./s1. The van der Waals surface area contributed by atoms with Crippen LogP contribution in [-0.2, 0) is 0 Å². The predicted molar refractivity (Wildman–Crippen MR) is 100 cm³/mol. The average molecular weight is 320 g/mol. The number of rotatable bonds is 1. The van der Waals surface area contributed by atoms with Crippen LogP contribution in [0.15, 0.2) is 0 Å². The van der Waals surface area contributed by atoms with Gasteiger partial charge in [0.25, 0.3) is 0 Å². The monoisotopic (exact) mass is 319 g/mol. The molecule has 0 heterocycles. The smallest absolute Gasteiger partial charge is 0.0195 e. The Morgan fingerprint density at radius 2 is 1.52 bits per heavy atom. The Kier molecular flexibility index (Phi) is 5.17. The molecule has 0 bridgehead atoms. The van der Waals surface area contributed by atoms with Crippen molar-refractivity contribution in [3.8, 4) is 0 Å². The van der Waals surface area contributed by atoms with Crippen molar-refractivity contribution in [3.05, 3.63) is 0 Å². The van der Waals surface area contributed by atoms with E-state index in [2.05, 4.69) is 26.5 Å². The molecule has 4 aliphatic carbocycles. The Labute approximate surface area is 145 Å². The van der Waals surface area contributed by atoms with Gasteiger partial charge < -0.3 is 5.73 Å². The van der Waals surface area contributed by atoms with E-state index < -0.39 is 0 Å². The molecular weight excluding hydrogens is 278 g/mol. The van der Waals surface area contributed by atoms with E-state index in [1.807, 2.05) is 0 Å². The van der Waals surface area contributed by atoms with Gasteiger partial charge in [-0.25, -0.2) is 0 Å². The molecule has 6 unspecified atom stereocenters. The van der Waals surface area contributed by atoms with Gasteiger partial charge in [-0.05, 0) is 98.8 Å². The highest BCUT2D eigenvalue weighted by Gasteiger charge is 2.59. The fourth-order valence-corrected chi connectivity index (χ4v) is 8.07. The van der Waals surface area contributed by atoms with Crippen LogP contribution in [-0.4, -0.2) is 7.05 Å². The van der Waals surface area contributed by atoms with E-state index in [1.165, 1.54) is 26.3 Å². The molecule has 4 aliphatic rings. The first kappa shape index (κ1) is 17.8. The van der Waals surface area contributed by atoms with Crippen LogP contribution in [0, 0.1) is 40.4 Å². The van der Waals surface area contributed by atoms with Gasteiger partial charge in [0, 0.05) is 0 Å². The third-order valence-electron chi connectivity index (χ3n) is 9.27. The van der Waals surface area contributed by atoms with Gasteiger partial charge in [-0.2, -0.15) is 0 Å². The van der Waals surface area contributed by atoms with Gasteiger partial charge in [-0.3, -0.25) is 0 Å². The van der Waals surface area contributed by atoms with E-state index in [9.17, 15) is 0 Å². The molecular formula is C22H41N. The molecule has 0 aromatic carbocycles. The Balaban J connectivity index is 0.000000753. The molecule has 0 aromatic rings. The van der Waals surface area contributed by atoms with Gasteiger partial charge in [0.05, 0.1) is 0 Å². The van der Waals surface area contributed by atoms with E-state index in [4.69, 9.17) is 0 Å². The molecule has 0 aromatic heterocycles. The number of nitrogens with two attached hydrogens (primary N) is 1. The Bertz CT molecular complexity index is 405. The molecule has 0 radical (unpaired) electrons. The highest BCUT2D eigenvalue weighted by atomic mass is 14.6.